The fourth-order valence-electron chi connectivity index (χ4n) is 4.00. The van der Waals surface area contributed by atoms with Gasteiger partial charge in [0.25, 0.3) is 5.91 Å². The Balaban J connectivity index is 1.56. The molecular weight excluding hydrogens is 366 g/mol. The van der Waals surface area contributed by atoms with Gasteiger partial charge in [0.2, 0.25) is 10.0 Å². The molecule has 2 aliphatic rings. The van der Waals surface area contributed by atoms with Gasteiger partial charge in [0.1, 0.15) is 5.76 Å². The number of nitrogens with zero attached hydrogens (tertiary/aromatic N) is 3. The third kappa shape index (κ3) is 3.12. The van der Waals surface area contributed by atoms with E-state index in [4.69, 9.17) is 4.42 Å². The first-order chi connectivity index (χ1) is 12.9. The summed E-state index contributed by atoms with van der Waals surface area (Å²) < 4.78 is 33.4. The van der Waals surface area contributed by atoms with Crippen LogP contribution in [0.4, 0.5) is 5.69 Å². The first-order valence-electron chi connectivity index (χ1n) is 9.20. The number of hydrogen-bond acceptors (Lipinski definition) is 5. The molecule has 144 valence electrons. The molecule has 1 amide bonds. The second kappa shape index (κ2) is 6.67. The lowest BCUT2D eigenvalue weighted by Gasteiger charge is -2.34. The molecule has 1 aromatic heterocycles. The number of carbonyl (C=O) groups is 1. The predicted octanol–water partition coefficient (Wildman–Crippen LogP) is 2.29. The molecule has 0 N–H and O–H groups in total. The summed E-state index contributed by atoms with van der Waals surface area (Å²) in [5.41, 5.74) is 2.10. The summed E-state index contributed by atoms with van der Waals surface area (Å²) in [6, 6.07) is 7.61. The quantitative estimate of drug-likeness (QED) is 0.804. The summed E-state index contributed by atoms with van der Waals surface area (Å²) >= 11 is 0. The molecule has 0 radical (unpaired) electrons. The van der Waals surface area contributed by atoms with Gasteiger partial charge in [-0.2, -0.15) is 0 Å². The van der Waals surface area contributed by atoms with Crippen LogP contribution in [0.2, 0.25) is 0 Å². The molecule has 1 atom stereocenters. The van der Waals surface area contributed by atoms with E-state index in [0.29, 0.717) is 37.6 Å². The molecule has 27 heavy (non-hydrogen) atoms. The van der Waals surface area contributed by atoms with Crippen LogP contribution in [0.15, 0.2) is 28.7 Å². The lowest BCUT2D eigenvalue weighted by Crippen LogP contribution is -2.49. The second-order valence-corrected chi connectivity index (χ2v) is 9.29. The third-order valence-corrected chi connectivity index (χ3v) is 7.57. The van der Waals surface area contributed by atoms with E-state index < -0.39 is 15.3 Å². The number of benzene rings is 1. The fourth-order valence-corrected chi connectivity index (χ4v) is 5.99. The third-order valence-electron chi connectivity index (χ3n) is 5.34. The number of fused-ring (bicyclic) bond motifs is 1. The zero-order valence-corrected chi connectivity index (χ0v) is 16.3. The van der Waals surface area contributed by atoms with E-state index in [2.05, 4.69) is 4.98 Å². The number of anilines is 1. The van der Waals surface area contributed by atoms with Crippen LogP contribution in [0.5, 0.6) is 0 Å². The van der Waals surface area contributed by atoms with Gasteiger partial charge in [0.15, 0.2) is 11.6 Å². The van der Waals surface area contributed by atoms with Crippen molar-refractivity contribution in [3.63, 3.8) is 0 Å². The summed E-state index contributed by atoms with van der Waals surface area (Å²) in [6.45, 7) is 4.58. The minimum absolute atomic E-state index is 0.186. The van der Waals surface area contributed by atoms with Crippen LogP contribution >= 0.6 is 0 Å². The van der Waals surface area contributed by atoms with Gasteiger partial charge < -0.3 is 9.32 Å². The first-order valence-corrected chi connectivity index (χ1v) is 10.7. The summed E-state index contributed by atoms with van der Waals surface area (Å²) in [4.78, 5) is 18.6. The van der Waals surface area contributed by atoms with E-state index in [9.17, 15) is 13.2 Å². The number of sulfonamides is 1. The number of carbonyl (C=O) groups excluding carboxylic acids is 1. The Morgan fingerprint density at radius 3 is 2.74 bits per heavy atom. The van der Waals surface area contributed by atoms with Crippen molar-refractivity contribution in [1.82, 2.24) is 9.88 Å². The normalized spacial score (nSPS) is 20.0. The molecule has 2 aromatic rings. The molecule has 8 heteroatoms. The zero-order valence-electron chi connectivity index (χ0n) is 15.5. The molecule has 7 nitrogen and oxygen atoms in total. The summed E-state index contributed by atoms with van der Waals surface area (Å²) in [5.74, 6) is 0.646. The Bertz CT molecular complexity index is 983. The standard InChI is InChI=1S/C19H23N3O4S/c1-13-18(20-14(2)26-13)19(23)21-10-5-7-16(12-21)27(24,25)22-11-9-15-6-3-4-8-17(15)22/h3-4,6,8,16H,5,7,9-12H2,1-2H3. The van der Waals surface area contributed by atoms with Gasteiger partial charge in [-0.15, -0.1) is 0 Å². The highest BCUT2D eigenvalue weighted by molar-refractivity contribution is 7.93. The minimum Gasteiger partial charge on any atom is -0.445 e. The average molecular weight is 389 g/mol. The highest BCUT2D eigenvalue weighted by Crippen LogP contribution is 2.33. The molecule has 0 saturated carbocycles. The van der Waals surface area contributed by atoms with Crippen molar-refractivity contribution in [2.24, 2.45) is 0 Å². The van der Waals surface area contributed by atoms with E-state index >= 15 is 0 Å². The van der Waals surface area contributed by atoms with Crippen LogP contribution < -0.4 is 4.31 Å². The summed E-state index contributed by atoms with van der Waals surface area (Å²) in [7, 11) is -3.53. The minimum atomic E-state index is -3.53. The van der Waals surface area contributed by atoms with Crippen molar-refractivity contribution in [3.05, 3.63) is 47.2 Å². The molecule has 0 aliphatic carbocycles. The molecule has 2 aliphatic heterocycles. The molecular formula is C19H23N3O4S. The van der Waals surface area contributed by atoms with Crippen molar-refractivity contribution in [2.45, 2.75) is 38.4 Å². The van der Waals surface area contributed by atoms with Crippen LogP contribution in [0, 0.1) is 13.8 Å². The largest absolute Gasteiger partial charge is 0.445 e. The maximum Gasteiger partial charge on any atom is 0.276 e. The van der Waals surface area contributed by atoms with Gasteiger partial charge in [-0.25, -0.2) is 13.4 Å². The van der Waals surface area contributed by atoms with E-state index in [-0.39, 0.29) is 18.1 Å². The van der Waals surface area contributed by atoms with Crippen LogP contribution in [-0.2, 0) is 16.4 Å². The molecule has 1 unspecified atom stereocenters. The van der Waals surface area contributed by atoms with Gasteiger partial charge in [-0.3, -0.25) is 9.10 Å². The van der Waals surface area contributed by atoms with Crippen LogP contribution in [-0.4, -0.2) is 49.1 Å². The number of aryl methyl sites for hydroxylation is 2. The number of rotatable bonds is 3. The molecule has 0 bridgehead atoms. The molecule has 0 spiro atoms. The van der Waals surface area contributed by atoms with Crippen LogP contribution in [0.25, 0.3) is 0 Å². The first kappa shape index (κ1) is 18.0. The van der Waals surface area contributed by atoms with E-state index in [0.717, 1.165) is 17.7 Å². The number of piperidine rings is 1. The number of aromatic nitrogens is 1. The number of likely N-dealkylation sites (tertiary alicyclic amines) is 1. The van der Waals surface area contributed by atoms with Gasteiger partial charge >= 0.3 is 0 Å². The summed E-state index contributed by atoms with van der Waals surface area (Å²) in [6.07, 6.45) is 1.94. The Kier molecular flexibility index (Phi) is 4.46. The Labute approximate surface area is 159 Å². The van der Waals surface area contributed by atoms with E-state index in [1.807, 2.05) is 24.3 Å². The van der Waals surface area contributed by atoms with Crippen molar-refractivity contribution in [3.8, 4) is 0 Å². The maximum atomic E-state index is 13.3. The van der Waals surface area contributed by atoms with Gasteiger partial charge in [-0.1, -0.05) is 18.2 Å². The lowest BCUT2D eigenvalue weighted by molar-refractivity contribution is 0.0720. The lowest BCUT2D eigenvalue weighted by atomic mass is 10.1. The Morgan fingerprint density at radius 1 is 1.22 bits per heavy atom. The number of amides is 1. The van der Waals surface area contributed by atoms with E-state index in [1.165, 1.54) is 4.31 Å². The number of para-hydroxylation sites is 1. The fraction of sp³-hybridized carbons (Fsp3) is 0.474. The van der Waals surface area contributed by atoms with Crippen molar-refractivity contribution < 1.29 is 17.6 Å². The predicted molar refractivity (Wildman–Crippen MR) is 101 cm³/mol. The van der Waals surface area contributed by atoms with Gasteiger partial charge in [-0.05, 0) is 37.8 Å². The van der Waals surface area contributed by atoms with E-state index in [1.54, 1.807) is 18.7 Å². The SMILES string of the molecule is Cc1nc(C(=O)N2CCCC(S(=O)(=O)N3CCc4ccccc43)C2)c(C)o1. The van der Waals surface area contributed by atoms with Crippen molar-refractivity contribution >= 4 is 21.6 Å². The van der Waals surface area contributed by atoms with Gasteiger partial charge in [0, 0.05) is 26.6 Å². The van der Waals surface area contributed by atoms with Crippen molar-refractivity contribution in [2.75, 3.05) is 23.9 Å². The molecule has 1 fully saturated rings. The van der Waals surface area contributed by atoms with Crippen molar-refractivity contribution in [1.29, 1.82) is 0 Å². The highest BCUT2D eigenvalue weighted by Gasteiger charge is 2.39. The highest BCUT2D eigenvalue weighted by atomic mass is 32.2. The van der Waals surface area contributed by atoms with Crippen LogP contribution in [0.1, 0.15) is 40.5 Å². The molecule has 3 heterocycles. The van der Waals surface area contributed by atoms with Crippen LogP contribution in [0.3, 0.4) is 0 Å². The topological polar surface area (TPSA) is 83.7 Å². The smallest absolute Gasteiger partial charge is 0.276 e. The van der Waals surface area contributed by atoms with Gasteiger partial charge in [0.05, 0.1) is 10.9 Å². The summed E-state index contributed by atoms with van der Waals surface area (Å²) in [5, 5.41) is -0.602. The molecule has 1 aromatic carbocycles. The zero-order chi connectivity index (χ0) is 19.2. The monoisotopic (exact) mass is 389 g/mol. The molecule has 1 saturated heterocycles. The Morgan fingerprint density at radius 2 is 2.00 bits per heavy atom. The molecule has 4 rings (SSSR count). The number of hydrogen-bond donors (Lipinski definition) is 0. The average Bonchev–Trinajstić information content (AvgIpc) is 3.24. The Hall–Kier alpha value is -2.35. The maximum absolute atomic E-state index is 13.3. The number of oxazole rings is 1. The second-order valence-electron chi connectivity index (χ2n) is 7.15.